The van der Waals surface area contributed by atoms with E-state index in [9.17, 15) is 5.11 Å². The third-order valence-corrected chi connectivity index (χ3v) is 3.85. The lowest BCUT2D eigenvalue weighted by Gasteiger charge is -2.31. The maximum atomic E-state index is 9.70. The molecule has 1 aliphatic rings. The second-order valence-corrected chi connectivity index (χ2v) is 5.89. The van der Waals surface area contributed by atoms with Crippen LogP contribution in [0.2, 0.25) is 0 Å². The van der Waals surface area contributed by atoms with Crippen LogP contribution >= 0.6 is 0 Å². The largest absolute Gasteiger partial charge is 0.390 e. The van der Waals surface area contributed by atoms with Gasteiger partial charge in [0.2, 0.25) is 0 Å². The van der Waals surface area contributed by atoms with E-state index in [0.29, 0.717) is 11.3 Å². The Kier molecular flexibility index (Phi) is 3.10. The lowest BCUT2D eigenvalue weighted by molar-refractivity contribution is 0.0581. The van der Waals surface area contributed by atoms with Crippen LogP contribution in [0.5, 0.6) is 0 Å². The molecule has 0 heterocycles. The van der Waals surface area contributed by atoms with Crippen molar-refractivity contribution in [2.24, 2.45) is 11.3 Å². The highest BCUT2D eigenvalue weighted by Crippen LogP contribution is 2.45. The molecule has 1 atom stereocenters. The molecule has 1 aliphatic carbocycles. The van der Waals surface area contributed by atoms with Gasteiger partial charge >= 0.3 is 0 Å². The summed E-state index contributed by atoms with van der Waals surface area (Å²) in [5.74, 6) is 0.717. The Hall–Kier alpha value is -0.300. The van der Waals surface area contributed by atoms with E-state index >= 15 is 0 Å². The predicted molar refractivity (Wildman–Crippen MR) is 61.2 cm³/mol. The van der Waals surface area contributed by atoms with Gasteiger partial charge in [-0.05, 0) is 51.4 Å². The van der Waals surface area contributed by atoms with Crippen LogP contribution < -0.4 is 0 Å². The molecule has 14 heavy (non-hydrogen) atoms. The van der Waals surface area contributed by atoms with E-state index in [1.54, 1.807) is 0 Å². The summed E-state index contributed by atoms with van der Waals surface area (Å²) in [6.45, 7) is 10.7. The molecule has 0 spiro atoms. The molecule has 0 saturated heterocycles. The molecule has 1 N–H and O–H groups in total. The van der Waals surface area contributed by atoms with Crippen LogP contribution in [0.3, 0.4) is 0 Å². The highest BCUT2D eigenvalue weighted by atomic mass is 16.3. The third-order valence-electron chi connectivity index (χ3n) is 3.85. The molecule has 0 radical (unpaired) electrons. The number of aliphatic hydroxyl groups is 1. The molecule has 0 aliphatic heterocycles. The summed E-state index contributed by atoms with van der Waals surface area (Å²) in [6, 6.07) is 0. The Balaban J connectivity index is 2.50. The van der Waals surface area contributed by atoms with Crippen molar-refractivity contribution in [3.63, 3.8) is 0 Å². The van der Waals surface area contributed by atoms with Crippen molar-refractivity contribution in [2.75, 3.05) is 0 Å². The molecule has 0 saturated carbocycles. The fourth-order valence-corrected chi connectivity index (χ4v) is 2.20. The quantitative estimate of drug-likeness (QED) is 0.685. The van der Waals surface area contributed by atoms with Crippen LogP contribution in [0.4, 0.5) is 0 Å². The van der Waals surface area contributed by atoms with Gasteiger partial charge in [-0.15, -0.1) is 0 Å². The van der Waals surface area contributed by atoms with Crippen molar-refractivity contribution in [2.45, 2.75) is 59.5 Å². The van der Waals surface area contributed by atoms with Gasteiger partial charge in [-0.1, -0.05) is 25.5 Å². The third kappa shape index (κ3) is 2.60. The van der Waals surface area contributed by atoms with Gasteiger partial charge in [0.1, 0.15) is 0 Å². The van der Waals surface area contributed by atoms with Gasteiger partial charge < -0.3 is 5.11 Å². The molecular weight excluding hydrogens is 172 g/mol. The summed E-state index contributed by atoms with van der Waals surface area (Å²) in [7, 11) is 0. The van der Waals surface area contributed by atoms with Gasteiger partial charge in [0, 0.05) is 0 Å². The van der Waals surface area contributed by atoms with E-state index in [4.69, 9.17) is 0 Å². The van der Waals surface area contributed by atoms with E-state index in [-0.39, 0.29) is 0 Å². The van der Waals surface area contributed by atoms with E-state index < -0.39 is 5.60 Å². The second-order valence-electron chi connectivity index (χ2n) is 5.89. The summed E-state index contributed by atoms with van der Waals surface area (Å²) in [5, 5.41) is 9.70. The Bertz CT molecular complexity index is 230. The number of hydrogen-bond donors (Lipinski definition) is 1. The first kappa shape index (κ1) is 11.8. The first-order valence-electron chi connectivity index (χ1n) is 5.63. The molecule has 0 fully saturated rings. The lowest BCUT2D eigenvalue weighted by Crippen LogP contribution is -2.25. The average Bonchev–Trinajstić information content (AvgIpc) is 2.23. The van der Waals surface area contributed by atoms with Gasteiger partial charge in [-0.3, -0.25) is 0 Å². The average molecular weight is 196 g/mol. The first-order valence-corrected chi connectivity index (χ1v) is 5.63. The number of rotatable bonds is 3. The predicted octanol–water partition coefficient (Wildman–Crippen LogP) is 3.53. The molecule has 0 amide bonds. The smallest absolute Gasteiger partial charge is 0.0591 e. The minimum Gasteiger partial charge on any atom is -0.390 e. The van der Waals surface area contributed by atoms with Gasteiger partial charge in [0.05, 0.1) is 5.60 Å². The molecular formula is C13H24O. The minimum absolute atomic E-state index is 0.339. The van der Waals surface area contributed by atoms with E-state index in [1.807, 2.05) is 13.8 Å². The number of allylic oxidation sites excluding steroid dienone is 2. The first-order chi connectivity index (χ1) is 6.23. The molecule has 0 bridgehead atoms. The fourth-order valence-electron chi connectivity index (χ4n) is 2.20. The van der Waals surface area contributed by atoms with Crippen LogP contribution in [0, 0.1) is 11.3 Å². The Morgan fingerprint density at radius 3 is 2.43 bits per heavy atom. The standard InChI is InChI=1S/C13H24O/c1-10-6-7-11(13(10,4)5)8-9-12(2,3)14/h6,11,14H,7-9H2,1-5H3. The summed E-state index contributed by atoms with van der Waals surface area (Å²) in [6.07, 6.45) is 5.58. The van der Waals surface area contributed by atoms with Crippen molar-refractivity contribution >= 4 is 0 Å². The van der Waals surface area contributed by atoms with E-state index in [2.05, 4.69) is 26.8 Å². The number of hydrogen-bond acceptors (Lipinski definition) is 1. The molecule has 0 aromatic heterocycles. The van der Waals surface area contributed by atoms with Crippen LogP contribution in [-0.2, 0) is 0 Å². The molecule has 1 rings (SSSR count). The Morgan fingerprint density at radius 1 is 1.50 bits per heavy atom. The minimum atomic E-state index is -0.507. The van der Waals surface area contributed by atoms with Gasteiger partial charge in [-0.25, -0.2) is 0 Å². The topological polar surface area (TPSA) is 20.2 Å². The summed E-state index contributed by atoms with van der Waals surface area (Å²) >= 11 is 0. The molecule has 82 valence electrons. The van der Waals surface area contributed by atoms with Crippen molar-refractivity contribution < 1.29 is 5.11 Å². The van der Waals surface area contributed by atoms with Crippen molar-refractivity contribution in [3.8, 4) is 0 Å². The normalized spacial score (nSPS) is 26.4. The van der Waals surface area contributed by atoms with Gasteiger partial charge in [-0.2, -0.15) is 0 Å². The molecule has 0 aromatic rings. The highest BCUT2D eigenvalue weighted by molar-refractivity contribution is 5.18. The van der Waals surface area contributed by atoms with Crippen molar-refractivity contribution in [1.29, 1.82) is 0 Å². The van der Waals surface area contributed by atoms with Crippen LogP contribution in [0.15, 0.2) is 11.6 Å². The Morgan fingerprint density at radius 2 is 2.07 bits per heavy atom. The van der Waals surface area contributed by atoms with E-state index in [1.165, 1.54) is 12.0 Å². The zero-order valence-electron chi connectivity index (χ0n) is 10.2. The molecule has 1 unspecified atom stereocenters. The highest BCUT2D eigenvalue weighted by Gasteiger charge is 2.35. The zero-order chi connectivity index (χ0) is 11.0. The summed E-state index contributed by atoms with van der Waals surface area (Å²) in [5.41, 5.74) is 1.34. The summed E-state index contributed by atoms with van der Waals surface area (Å²) in [4.78, 5) is 0. The molecule has 1 nitrogen and oxygen atoms in total. The maximum absolute atomic E-state index is 9.70. The van der Waals surface area contributed by atoms with Crippen LogP contribution in [-0.4, -0.2) is 10.7 Å². The Labute approximate surface area is 88.2 Å². The lowest BCUT2D eigenvalue weighted by atomic mass is 9.74. The van der Waals surface area contributed by atoms with Gasteiger partial charge in [0.25, 0.3) is 0 Å². The van der Waals surface area contributed by atoms with Crippen molar-refractivity contribution in [3.05, 3.63) is 11.6 Å². The monoisotopic (exact) mass is 196 g/mol. The van der Waals surface area contributed by atoms with E-state index in [0.717, 1.165) is 12.8 Å². The zero-order valence-corrected chi connectivity index (χ0v) is 10.2. The maximum Gasteiger partial charge on any atom is 0.0591 e. The van der Waals surface area contributed by atoms with Crippen LogP contribution in [0.1, 0.15) is 53.9 Å². The van der Waals surface area contributed by atoms with Gasteiger partial charge in [0.15, 0.2) is 0 Å². The van der Waals surface area contributed by atoms with Crippen molar-refractivity contribution in [1.82, 2.24) is 0 Å². The fraction of sp³-hybridized carbons (Fsp3) is 0.846. The molecule has 0 aromatic carbocycles. The second kappa shape index (κ2) is 3.69. The summed E-state index contributed by atoms with van der Waals surface area (Å²) < 4.78 is 0. The SMILES string of the molecule is CC1=CCC(CCC(C)(C)O)C1(C)C. The van der Waals surface area contributed by atoms with Crippen LogP contribution in [0.25, 0.3) is 0 Å². The molecule has 1 heteroatoms.